The lowest BCUT2D eigenvalue weighted by molar-refractivity contribution is -0.590. The first kappa shape index (κ1) is 22.3. The van der Waals surface area contributed by atoms with Crippen molar-refractivity contribution in [2.45, 2.75) is 59.0 Å². The van der Waals surface area contributed by atoms with Crippen LogP contribution in [0.4, 0.5) is 16.3 Å². The van der Waals surface area contributed by atoms with Crippen LogP contribution in [0.15, 0.2) is 42.6 Å². The highest BCUT2D eigenvalue weighted by Gasteiger charge is 2.51. The van der Waals surface area contributed by atoms with Crippen LogP contribution in [0.2, 0.25) is 0 Å². The number of nitrogens with one attached hydrogen (secondary N) is 1. The molecule has 1 aromatic carbocycles. The number of amides is 4. The van der Waals surface area contributed by atoms with E-state index < -0.39 is 11.6 Å². The Morgan fingerprint density at radius 1 is 1.13 bits per heavy atom. The Balaban J connectivity index is 1.90. The van der Waals surface area contributed by atoms with E-state index in [1.807, 2.05) is 12.1 Å². The van der Waals surface area contributed by atoms with Crippen LogP contribution in [0.25, 0.3) is 0 Å². The molecular weight excluding hydrogens is 396 g/mol. The zero-order valence-electron chi connectivity index (χ0n) is 18.7. The Morgan fingerprint density at radius 3 is 2.29 bits per heavy atom. The molecule has 164 valence electrons. The van der Waals surface area contributed by atoms with Gasteiger partial charge in [-0.15, -0.1) is 0 Å². The zero-order chi connectivity index (χ0) is 23.1. The van der Waals surface area contributed by atoms with E-state index in [1.54, 1.807) is 32.0 Å². The van der Waals surface area contributed by atoms with Crippen molar-refractivity contribution >= 4 is 29.4 Å². The van der Waals surface area contributed by atoms with E-state index in [0.29, 0.717) is 16.0 Å². The molecule has 1 aliphatic rings. The first-order valence-electron chi connectivity index (χ1n) is 10.1. The van der Waals surface area contributed by atoms with Gasteiger partial charge in [0.1, 0.15) is 5.54 Å². The minimum absolute atomic E-state index is 0.0415. The van der Waals surface area contributed by atoms with Crippen LogP contribution in [0.5, 0.6) is 0 Å². The minimum atomic E-state index is -1.07. The normalized spacial score (nSPS) is 16.1. The van der Waals surface area contributed by atoms with Crippen LogP contribution < -0.4 is 14.9 Å². The van der Waals surface area contributed by atoms with Crippen LogP contribution in [-0.2, 0) is 21.5 Å². The molecule has 2 aromatic rings. The maximum absolute atomic E-state index is 13.2. The van der Waals surface area contributed by atoms with Crippen molar-refractivity contribution in [2.24, 2.45) is 0 Å². The average molecular weight is 425 g/mol. The van der Waals surface area contributed by atoms with Crippen LogP contribution in [0.1, 0.15) is 52.7 Å². The molecule has 0 atom stereocenters. The third-order valence-electron chi connectivity index (χ3n) is 5.44. The third-order valence-corrected chi connectivity index (χ3v) is 5.44. The molecular formula is C23H28N4O4. The number of nitrogens with zero attached hydrogens (tertiary/aromatic N) is 3. The number of pyridine rings is 1. The highest BCUT2D eigenvalue weighted by molar-refractivity contribution is 6.22. The van der Waals surface area contributed by atoms with Gasteiger partial charge in [0.15, 0.2) is 0 Å². The molecule has 1 fully saturated rings. The summed E-state index contributed by atoms with van der Waals surface area (Å²) in [6.07, 6.45) is 1.26. The Hall–Kier alpha value is -3.42. The van der Waals surface area contributed by atoms with Gasteiger partial charge in [-0.2, -0.15) is 0 Å². The summed E-state index contributed by atoms with van der Waals surface area (Å²) >= 11 is 0. The molecule has 1 aromatic heterocycles. The van der Waals surface area contributed by atoms with Crippen LogP contribution >= 0.6 is 0 Å². The summed E-state index contributed by atoms with van der Waals surface area (Å²) in [5, 5.41) is 14.3. The van der Waals surface area contributed by atoms with Crippen LogP contribution in [0, 0.1) is 5.21 Å². The van der Waals surface area contributed by atoms with Gasteiger partial charge in [0.25, 0.3) is 11.7 Å². The van der Waals surface area contributed by atoms with Gasteiger partial charge >= 0.3 is 11.9 Å². The number of carbonyl (C=O) groups is 3. The Kier molecular flexibility index (Phi) is 5.52. The van der Waals surface area contributed by atoms with Gasteiger partial charge in [0.2, 0.25) is 0 Å². The number of benzene rings is 1. The highest BCUT2D eigenvalue weighted by atomic mass is 16.5. The SMILES string of the molecule is CC(=O)Nc1cc(CN2C(=O)N(c3ccc(C(C)(C)C)cc3)C(=O)C2(C)C)cc[n+]1[O-]. The maximum atomic E-state index is 13.2. The minimum Gasteiger partial charge on any atom is -0.711 e. The molecule has 8 nitrogen and oxygen atoms in total. The van der Waals surface area contributed by atoms with Gasteiger partial charge in [-0.25, -0.2) is 24.5 Å². The lowest BCUT2D eigenvalue weighted by Gasteiger charge is -2.27. The molecule has 0 saturated carbocycles. The fourth-order valence-corrected chi connectivity index (χ4v) is 3.52. The van der Waals surface area contributed by atoms with Crippen molar-refractivity contribution in [2.75, 3.05) is 10.2 Å². The van der Waals surface area contributed by atoms with Gasteiger partial charge in [-0.05, 0) is 48.6 Å². The number of rotatable bonds is 4. The first-order chi connectivity index (χ1) is 14.3. The molecule has 1 saturated heterocycles. The maximum Gasteiger partial charge on any atom is 0.332 e. The number of carbonyl (C=O) groups excluding carboxylic acids is 3. The fourth-order valence-electron chi connectivity index (χ4n) is 3.52. The smallest absolute Gasteiger partial charge is 0.332 e. The number of imide groups is 1. The molecule has 0 spiro atoms. The Labute approximate surface area is 182 Å². The average Bonchev–Trinajstić information content (AvgIpc) is 2.83. The second kappa shape index (κ2) is 7.68. The highest BCUT2D eigenvalue weighted by Crippen LogP contribution is 2.34. The monoisotopic (exact) mass is 424 g/mol. The number of anilines is 2. The molecule has 8 heteroatoms. The summed E-state index contributed by atoms with van der Waals surface area (Å²) < 4.78 is 0.538. The molecule has 31 heavy (non-hydrogen) atoms. The lowest BCUT2D eigenvalue weighted by atomic mass is 9.87. The predicted molar refractivity (Wildman–Crippen MR) is 117 cm³/mol. The van der Waals surface area contributed by atoms with Gasteiger partial charge in [-0.3, -0.25) is 4.79 Å². The summed E-state index contributed by atoms with van der Waals surface area (Å²) in [6.45, 7) is 11.1. The van der Waals surface area contributed by atoms with E-state index >= 15 is 0 Å². The van der Waals surface area contributed by atoms with Crippen molar-refractivity contribution in [3.8, 4) is 0 Å². The topological polar surface area (TPSA) is 96.7 Å². The van der Waals surface area contributed by atoms with Crippen LogP contribution in [0.3, 0.4) is 0 Å². The Bertz CT molecular complexity index is 1040. The molecule has 0 aliphatic carbocycles. The third kappa shape index (κ3) is 4.23. The summed E-state index contributed by atoms with van der Waals surface area (Å²) in [6, 6.07) is 10.1. The fraction of sp³-hybridized carbons (Fsp3) is 0.391. The molecule has 1 N–H and O–H groups in total. The van der Waals surface area contributed by atoms with Crippen molar-refractivity contribution < 1.29 is 19.1 Å². The molecule has 4 amide bonds. The number of hydrogen-bond acceptors (Lipinski definition) is 4. The molecule has 0 radical (unpaired) electrons. The molecule has 0 unspecified atom stereocenters. The largest absolute Gasteiger partial charge is 0.711 e. The van der Waals surface area contributed by atoms with E-state index in [4.69, 9.17) is 0 Å². The number of aromatic nitrogens is 1. The molecule has 2 heterocycles. The quantitative estimate of drug-likeness (QED) is 0.463. The van der Waals surface area contributed by atoms with Crippen LogP contribution in [-0.4, -0.2) is 28.3 Å². The van der Waals surface area contributed by atoms with E-state index in [0.717, 1.165) is 5.56 Å². The van der Waals surface area contributed by atoms with E-state index in [2.05, 4.69) is 26.1 Å². The number of urea groups is 1. The summed E-state index contributed by atoms with van der Waals surface area (Å²) in [5.41, 5.74) is 1.13. The second-order valence-electron chi connectivity index (χ2n) is 9.29. The second-order valence-corrected chi connectivity index (χ2v) is 9.29. The van der Waals surface area contributed by atoms with Crippen molar-refractivity contribution in [3.05, 3.63) is 58.9 Å². The number of hydrogen-bond donors (Lipinski definition) is 1. The summed E-state index contributed by atoms with van der Waals surface area (Å²) in [7, 11) is 0. The van der Waals surface area contributed by atoms with Crippen molar-refractivity contribution in [1.82, 2.24) is 4.90 Å². The summed E-state index contributed by atoms with van der Waals surface area (Å²) in [5.74, 6) is -0.632. The molecule has 3 rings (SSSR count). The standard InChI is InChI=1S/C23H28N4O4/c1-15(28)24-19-13-16(11-12-26(19)31)14-25-21(30)27(20(29)23(25,5)6)18-9-7-17(8-10-18)22(2,3)4/h7-13H,14H2,1-6H3,(H,24,28). The zero-order valence-corrected chi connectivity index (χ0v) is 18.7. The molecule has 1 aliphatic heterocycles. The van der Waals surface area contributed by atoms with Crippen molar-refractivity contribution in [3.63, 3.8) is 0 Å². The van der Waals surface area contributed by atoms with E-state index in [9.17, 15) is 19.6 Å². The summed E-state index contributed by atoms with van der Waals surface area (Å²) in [4.78, 5) is 40.4. The van der Waals surface area contributed by atoms with Gasteiger partial charge < -0.3 is 10.1 Å². The van der Waals surface area contributed by atoms with E-state index in [1.165, 1.54) is 29.0 Å². The van der Waals surface area contributed by atoms with E-state index in [-0.39, 0.29) is 29.6 Å². The lowest BCUT2D eigenvalue weighted by Crippen LogP contribution is -2.44. The Morgan fingerprint density at radius 2 is 1.74 bits per heavy atom. The first-order valence-corrected chi connectivity index (χ1v) is 10.1. The molecule has 0 bridgehead atoms. The van der Waals surface area contributed by atoms with Crippen molar-refractivity contribution in [1.29, 1.82) is 0 Å². The predicted octanol–water partition coefficient (Wildman–Crippen LogP) is 3.32. The van der Waals surface area contributed by atoms with Gasteiger partial charge in [-0.1, -0.05) is 32.9 Å². The van der Waals surface area contributed by atoms with Gasteiger partial charge in [0, 0.05) is 19.5 Å². The van der Waals surface area contributed by atoms with Gasteiger partial charge in [0.05, 0.1) is 11.9 Å².